The summed E-state index contributed by atoms with van der Waals surface area (Å²) in [7, 11) is 0. The highest BCUT2D eigenvalue weighted by Gasteiger charge is 2.21. The first kappa shape index (κ1) is 28.1. The van der Waals surface area contributed by atoms with Gasteiger partial charge in [-0.1, -0.05) is 24.3 Å². The fourth-order valence-corrected chi connectivity index (χ4v) is 5.75. The molecule has 1 aliphatic heterocycles. The molecule has 4 aromatic heterocycles. The maximum atomic E-state index is 14.7. The smallest absolute Gasteiger partial charge is 0.234 e. The van der Waals surface area contributed by atoms with Crippen LogP contribution < -0.4 is 11.1 Å². The number of nitriles is 1. The van der Waals surface area contributed by atoms with E-state index < -0.39 is 0 Å². The molecule has 11 heteroatoms. The van der Waals surface area contributed by atoms with Gasteiger partial charge in [0, 0.05) is 49.3 Å². The number of benzene rings is 2. The van der Waals surface area contributed by atoms with Crippen LogP contribution in [0.4, 0.5) is 16.0 Å². The molecule has 10 nitrogen and oxygen atoms in total. The molecule has 1 saturated heterocycles. The standard InChI is InChI=1S/C34H29FN10/c35-27-6-2-1-4-25(27)28-11-12-29-34(41-28)45(33(42-29)26-5-3-16-39-32(26)37)24-9-7-22(8-10-24)21-44-18-14-23(15-19-44)40-30-13-17-38-31(20-36)43-30/h1-13,16-17,23H,14-15,18-19,21H2,(H2,37,39)(H,38,40,43). The lowest BCUT2D eigenvalue weighted by molar-refractivity contribution is 0.211. The van der Waals surface area contributed by atoms with E-state index in [0.29, 0.717) is 51.5 Å². The normalized spacial score (nSPS) is 14.0. The Balaban J connectivity index is 1.14. The molecule has 5 heterocycles. The number of nitrogens with zero attached hydrogens (tertiary/aromatic N) is 8. The Hall–Kier alpha value is -5.73. The van der Waals surface area contributed by atoms with E-state index in [-0.39, 0.29) is 11.6 Å². The first-order chi connectivity index (χ1) is 22.1. The third-order valence-electron chi connectivity index (χ3n) is 8.03. The largest absolute Gasteiger partial charge is 0.383 e. The summed E-state index contributed by atoms with van der Waals surface area (Å²) in [5.74, 6) is 1.50. The van der Waals surface area contributed by atoms with Gasteiger partial charge in [0.25, 0.3) is 0 Å². The van der Waals surface area contributed by atoms with Crippen molar-refractivity contribution in [2.75, 3.05) is 24.1 Å². The van der Waals surface area contributed by atoms with Crippen LogP contribution in [0.3, 0.4) is 0 Å². The van der Waals surface area contributed by atoms with Crippen LogP contribution in [0, 0.1) is 17.1 Å². The first-order valence-corrected chi connectivity index (χ1v) is 14.7. The highest BCUT2D eigenvalue weighted by molar-refractivity contribution is 5.84. The average molecular weight is 597 g/mol. The van der Waals surface area contributed by atoms with Crippen molar-refractivity contribution >= 4 is 22.8 Å². The maximum absolute atomic E-state index is 14.7. The number of piperidine rings is 1. The van der Waals surface area contributed by atoms with Crippen LogP contribution in [0.15, 0.2) is 91.3 Å². The average Bonchev–Trinajstić information content (AvgIpc) is 3.45. The van der Waals surface area contributed by atoms with Crippen LogP contribution >= 0.6 is 0 Å². The summed E-state index contributed by atoms with van der Waals surface area (Å²) in [4.78, 5) is 24.7. The van der Waals surface area contributed by atoms with Crippen molar-refractivity contribution in [3.8, 4) is 34.4 Å². The van der Waals surface area contributed by atoms with Gasteiger partial charge < -0.3 is 11.1 Å². The molecule has 45 heavy (non-hydrogen) atoms. The molecule has 0 atom stereocenters. The summed E-state index contributed by atoms with van der Waals surface area (Å²) in [6.45, 7) is 2.70. The van der Waals surface area contributed by atoms with E-state index in [1.54, 1.807) is 42.7 Å². The number of anilines is 2. The number of fused-ring (bicyclic) bond motifs is 1. The van der Waals surface area contributed by atoms with E-state index in [2.05, 4.69) is 49.4 Å². The van der Waals surface area contributed by atoms with E-state index in [4.69, 9.17) is 21.0 Å². The molecule has 0 spiro atoms. The number of aromatic nitrogens is 6. The molecule has 1 aliphatic rings. The Morgan fingerprint density at radius 1 is 0.867 bits per heavy atom. The molecule has 222 valence electrons. The van der Waals surface area contributed by atoms with Gasteiger partial charge in [0.15, 0.2) is 11.5 Å². The molecular formula is C34H29FN10. The van der Waals surface area contributed by atoms with Crippen molar-refractivity contribution in [3.63, 3.8) is 0 Å². The van der Waals surface area contributed by atoms with Gasteiger partial charge in [-0.15, -0.1) is 0 Å². The van der Waals surface area contributed by atoms with Gasteiger partial charge in [0.05, 0.1) is 11.3 Å². The minimum absolute atomic E-state index is 0.168. The predicted molar refractivity (Wildman–Crippen MR) is 171 cm³/mol. The van der Waals surface area contributed by atoms with E-state index in [9.17, 15) is 4.39 Å². The second-order valence-corrected chi connectivity index (χ2v) is 11.0. The molecule has 6 aromatic rings. The number of hydrogen-bond acceptors (Lipinski definition) is 9. The summed E-state index contributed by atoms with van der Waals surface area (Å²) in [5, 5.41) is 12.5. The van der Waals surface area contributed by atoms with Crippen molar-refractivity contribution in [2.45, 2.75) is 25.4 Å². The zero-order chi connectivity index (χ0) is 30.8. The molecule has 3 N–H and O–H groups in total. The molecule has 2 aromatic carbocycles. The number of hydrogen-bond donors (Lipinski definition) is 2. The van der Waals surface area contributed by atoms with Gasteiger partial charge in [0.1, 0.15) is 29.0 Å². The molecule has 0 amide bonds. The van der Waals surface area contributed by atoms with Crippen LogP contribution in [-0.4, -0.2) is 53.5 Å². The van der Waals surface area contributed by atoms with Crippen LogP contribution in [0.1, 0.15) is 24.2 Å². The fraction of sp³-hybridized carbons (Fsp3) is 0.176. The van der Waals surface area contributed by atoms with E-state index in [1.165, 1.54) is 11.6 Å². The Morgan fingerprint density at radius 2 is 1.67 bits per heavy atom. The van der Waals surface area contributed by atoms with E-state index in [0.717, 1.165) is 38.2 Å². The number of nitrogens with two attached hydrogens (primary N) is 1. The molecular weight excluding hydrogens is 567 g/mol. The van der Waals surface area contributed by atoms with Gasteiger partial charge in [-0.3, -0.25) is 9.47 Å². The summed E-state index contributed by atoms with van der Waals surface area (Å²) in [6.07, 6.45) is 5.19. The summed E-state index contributed by atoms with van der Waals surface area (Å²) in [6, 6.07) is 26.4. The zero-order valence-corrected chi connectivity index (χ0v) is 24.3. The third kappa shape index (κ3) is 5.79. The quantitative estimate of drug-likeness (QED) is 0.241. The van der Waals surface area contributed by atoms with Crippen LogP contribution in [0.25, 0.3) is 39.5 Å². The maximum Gasteiger partial charge on any atom is 0.234 e. The van der Waals surface area contributed by atoms with Gasteiger partial charge in [-0.25, -0.2) is 29.3 Å². The number of halogens is 1. The van der Waals surface area contributed by atoms with Crippen molar-refractivity contribution in [1.29, 1.82) is 5.26 Å². The van der Waals surface area contributed by atoms with Gasteiger partial charge >= 0.3 is 0 Å². The molecule has 7 rings (SSSR count). The van der Waals surface area contributed by atoms with Crippen LogP contribution in [0.2, 0.25) is 0 Å². The highest BCUT2D eigenvalue weighted by Crippen LogP contribution is 2.32. The van der Waals surface area contributed by atoms with E-state index >= 15 is 0 Å². The minimum Gasteiger partial charge on any atom is -0.383 e. The number of pyridine rings is 2. The fourth-order valence-electron chi connectivity index (χ4n) is 5.75. The lowest BCUT2D eigenvalue weighted by atomic mass is 10.0. The number of nitrogens with one attached hydrogen (secondary N) is 1. The summed E-state index contributed by atoms with van der Waals surface area (Å²) < 4.78 is 16.7. The Morgan fingerprint density at radius 3 is 2.44 bits per heavy atom. The van der Waals surface area contributed by atoms with Gasteiger partial charge in [-0.2, -0.15) is 5.26 Å². The summed E-state index contributed by atoms with van der Waals surface area (Å²) >= 11 is 0. The topological polar surface area (TPSA) is 134 Å². The van der Waals surface area contributed by atoms with Crippen LogP contribution in [-0.2, 0) is 6.54 Å². The number of nitrogen functional groups attached to an aromatic ring is 1. The molecule has 0 aliphatic carbocycles. The Labute approximate surface area is 259 Å². The lowest BCUT2D eigenvalue weighted by Gasteiger charge is -2.32. The number of imidazole rings is 1. The lowest BCUT2D eigenvalue weighted by Crippen LogP contribution is -2.38. The van der Waals surface area contributed by atoms with Crippen molar-refractivity contribution in [1.82, 2.24) is 34.4 Å². The van der Waals surface area contributed by atoms with Crippen LogP contribution in [0.5, 0.6) is 0 Å². The SMILES string of the molecule is N#Cc1nccc(NC2CCN(Cc3ccc(-n4c(-c5cccnc5N)nc5ccc(-c6ccccc6F)nc54)cc3)CC2)n1. The first-order valence-electron chi connectivity index (χ1n) is 14.7. The highest BCUT2D eigenvalue weighted by atomic mass is 19.1. The second kappa shape index (κ2) is 12.1. The van der Waals surface area contributed by atoms with Crippen molar-refractivity contribution in [2.24, 2.45) is 0 Å². The molecule has 0 radical (unpaired) electrons. The monoisotopic (exact) mass is 596 g/mol. The van der Waals surface area contributed by atoms with Crippen molar-refractivity contribution in [3.05, 3.63) is 108 Å². The summed E-state index contributed by atoms with van der Waals surface area (Å²) in [5.41, 5.74) is 11.2. The van der Waals surface area contributed by atoms with E-state index in [1.807, 2.05) is 28.8 Å². The molecule has 1 fully saturated rings. The van der Waals surface area contributed by atoms with Crippen molar-refractivity contribution < 1.29 is 4.39 Å². The number of rotatable bonds is 7. The minimum atomic E-state index is -0.335. The molecule has 0 unspecified atom stereocenters. The molecule has 0 bridgehead atoms. The van der Waals surface area contributed by atoms with Gasteiger partial charge in [0.2, 0.25) is 5.82 Å². The molecule has 0 saturated carbocycles. The number of likely N-dealkylation sites (tertiary alicyclic amines) is 1. The van der Waals surface area contributed by atoms with Gasteiger partial charge in [-0.05, 0) is 73.0 Å². The third-order valence-corrected chi connectivity index (χ3v) is 8.03. The predicted octanol–water partition coefficient (Wildman–Crippen LogP) is 5.61. The Kier molecular flexibility index (Phi) is 7.55. The second-order valence-electron chi connectivity index (χ2n) is 11.0. The Bertz CT molecular complexity index is 2020. The zero-order valence-electron chi connectivity index (χ0n) is 24.3.